The van der Waals surface area contributed by atoms with Crippen LogP contribution in [-0.2, 0) is 0 Å². The smallest absolute Gasteiger partial charge is 0.260 e. The van der Waals surface area contributed by atoms with E-state index in [9.17, 15) is 0 Å². The third-order valence-corrected chi connectivity index (χ3v) is 7.61. The first-order valence-corrected chi connectivity index (χ1v) is 13.1. The van der Waals surface area contributed by atoms with E-state index in [4.69, 9.17) is 9.47 Å². The zero-order chi connectivity index (χ0) is 26.0. The van der Waals surface area contributed by atoms with Gasteiger partial charge < -0.3 is 14.4 Å². The van der Waals surface area contributed by atoms with Gasteiger partial charge in [-0.05, 0) is 75.0 Å². The van der Waals surface area contributed by atoms with Gasteiger partial charge in [0.2, 0.25) is 0 Å². The molecule has 0 aromatic heterocycles. The maximum absolute atomic E-state index is 6.62. The van der Waals surface area contributed by atoms with Gasteiger partial charge in [0.05, 0.1) is 5.69 Å². The Hall–Kier alpha value is -4.44. The average molecular weight is 493 g/mol. The maximum atomic E-state index is 6.62. The van der Waals surface area contributed by atoms with Crippen molar-refractivity contribution in [2.45, 2.75) is 27.7 Å². The van der Waals surface area contributed by atoms with Crippen molar-refractivity contribution in [1.29, 1.82) is 0 Å². The number of hydrogen-bond acceptors (Lipinski definition) is 3. The Kier molecular flexibility index (Phi) is 5.12. The molecule has 0 bridgehead atoms. The van der Waals surface area contributed by atoms with Crippen molar-refractivity contribution in [3.8, 4) is 23.0 Å². The molecule has 2 aliphatic heterocycles. The monoisotopic (exact) mass is 493 g/mol. The fourth-order valence-corrected chi connectivity index (χ4v) is 5.69. The largest absolute Gasteiger partial charge is 0.458 e. The molecule has 0 spiro atoms. The number of anilines is 3. The van der Waals surface area contributed by atoms with Gasteiger partial charge >= 0.3 is 0 Å². The van der Waals surface area contributed by atoms with E-state index in [0.717, 1.165) is 45.5 Å². The number of rotatable bonds is 3. The average Bonchev–Trinajstić information content (AvgIpc) is 2.91. The molecule has 184 valence electrons. The minimum Gasteiger partial charge on any atom is -0.458 e. The van der Waals surface area contributed by atoms with E-state index in [1.807, 2.05) is 0 Å². The van der Waals surface area contributed by atoms with E-state index in [1.165, 1.54) is 33.2 Å². The number of aryl methyl sites for hydroxylation is 4. The molecule has 0 radical (unpaired) electrons. The van der Waals surface area contributed by atoms with Gasteiger partial charge in [0, 0.05) is 29.0 Å². The van der Waals surface area contributed by atoms with Crippen molar-refractivity contribution >= 4 is 40.2 Å². The number of nitrogens with zero attached hydrogens (tertiary/aromatic N) is 1. The number of hydrogen-bond donors (Lipinski definition) is 0. The van der Waals surface area contributed by atoms with Crippen LogP contribution >= 0.6 is 0 Å². The summed E-state index contributed by atoms with van der Waals surface area (Å²) in [5, 5.41) is 0. The van der Waals surface area contributed by atoms with Crippen LogP contribution < -0.4 is 30.8 Å². The van der Waals surface area contributed by atoms with Crippen LogP contribution in [0.2, 0.25) is 0 Å². The van der Waals surface area contributed by atoms with Crippen LogP contribution in [0.25, 0.3) is 0 Å². The second-order valence-electron chi connectivity index (χ2n) is 10.6. The molecule has 0 saturated heterocycles. The SMILES string of the molecule is Cc1ccc(N(c2ccc(C)cc2)c2cc3c4c(c2)Oc2ccc(C)cc2B4c2cc(C)ccc2O3)cc1. The van der Waals surface area contributed by atoms with E-state index < -0.39 is 0 Å². The Morgan fingerprint density at radius 2 is 0.868 bits per heavy atom. The van der Waals surface area contributed by atoms with E-state index in [0.29, 0.717) is 0 Å². The molecule has 7 rings (SSSR count). The molecular weight excluding hydrogens is 465 g/mol. The molecule has 5 aromatic rings. The Morgan fingerprint density at radius 3 is 1.32 bits per heavy atom. The van der Waals surface area contributed by atoms with Crippen LogP contribution in [0.1, 0.15) is 22.3 Å². The molecule has 0 N–H and O–H groups in total. The molecule has 0 saturated carbocycles. The van der Waals surface area contributed by atoms with Crippen molar-refractivity contribution in [2.24, 2.45) is 0 Å². The first-order chi connectivity index (χ1) is 18.4. The zero-order valence-corrected chi connectivity index (χ0v) is 22.1. The Bertz CT molecular complexity index is 1580. The predicted molar refractivity (Wildman–Crippen MR) is 158 cm³/mol. The number of ether oxygens (including phenoxy) is 2. The summed E-state index contributed by atoms with van der Waals surface area (Å²) < 4.78 is 13.2. The van der Waals surface area contributed by atoms with Crippen molar-refractivity contribution in [3.63, 3.8) is 0 Å². The zero-order valence-electron chi connectivity index (χ0n) is 22.1. The highest BCUT2D eigenvalue weighted by Gasteiger charge is 2.40. The summed E-state index contributed by atoms with van der Waals surface area (Å²) in [6.45, 7) is 8.56. The summed E-state index contributed by atoms with van der Waals surface area (Å²) in [6, 6.07) is 34.6. The maximum Gasteiger partial charge on any atom is 0.260 e. The van der Waals surface area contributed by atoms with E-state index in [2.05, 4.69) is 130 Å². The Balaban J connectivity index is 1.46. The Labute approximate surface area is 224 Å². The molecule has 0 aliphatic carbocycles. The second-order valence-corrected chi connectivity index (χ2v) is 10.6. The van der Waals surface area contributed by atoms with E-state index in [-0.39, 0.29) is 6.71 Å². The molecule has 3 nitrogen and oxygen atoms in total. The van der Waals surface area contributed by atoms with Gasteiger partial charge in [-0.1, -0.05) is 70.8 Å². The predicted octanol–water partition coefficient (Wildman–Crippen LogP) is 7.12. The van der Waals surface area contributed by atoms with Gasteiger partial charge in [-0.2, -0.15) is 0 Å². The molecule has 0 atom stereocenters. The van der Waals surface area contributed by atoms with Crippen LogP contribution in [0.5, 0.6) is 23.0 Å². The first-order valence-electron chi connectivity index (χ1n) is 13.1. The standard InChI is InChI=1S/C34H28BNO2/c1-21-5-11-25(12-6-21)36(26-13-7-22(2)8-14-26)27-19-32-34-33(20-27)38-31-16-10-24(4)18-29(31)35(34)28-17-23(3)9-15-30(28)37-32/h5-20H,1-4H3. The molecule has 0 fully saturated rings. The molecule has 2 aliphatic rings. The van der Waals surface area contributed by atoms with Gasteiger partial charge in [-0.3, -0.25) is 0 Å². The molecule has 0 amide bonds. The quantitative estimate of drug-likeness (QED) is 0.245. The lowest BCUT2D eigenvalue weighted by Crippen LogP contribution is -2.57. The number of fused-ring (bicyclic) bond motifs is 4. The minimum atomic E-state index is 0.0635. The fourth-order valence-electron chi connectivity index (χ4n) is 5.69. The van der Waals surface area contributed by atoms with Crippen molar-refractivity contribution in [3.05, 3.63) is 119 Å². The third-order valence-electron chi connectivity index (χ3n) is 7.61. The van der Waals surface area contributed by atoms with Gasteiger partial charge in [-0.25, -0.2) is 0 Å². The van der Waals surface area contributed by atoms with Crippen LogP contribution in [-0.4, -0.2) is 6.71 Å². The second kappa shape index (κ2) is 8.56. The van der Waals surface area contributed by atoms with Gasteiger partial charge in [0.25, 0.3) is 6.71 Å². The summed E-state index contributed by atoms with van der Waals surface area (Å²) in [5.74, 6) is 3.50. The third kappa shape index (κ3) is 3.68. The lowest BCUT2D eigenvalue weighted by atomic mass is 9.34. The highest BCUT2D eigenvalue weighted by atomic mass is 16.5. The highest BCUT2D eigenvalue weighted by Crippen LogP contribution is 2.42. The molecule has 38 heavy (non-hydrogen) atoms. The first kappa shape index (κ1) is 22.7. The lowest BCUT2D eigenvalue weighted by Gasteiger charge is -2.35. The van der Waals surface area contributed by atoms with Crippen LogP contribution in [0.4, 0.5) is 17.1 Å². The summed E-state index contributed by atoms with van der Waals surface area (Å²) in [5.41, 5.74) is 11.5. The normalized spacial score (nSPS) is 12.6. The molecule has 4 heteroatoms. The molecule has 0 unspecified atom stereocenters. The van der Waals surface area contributed by atoms with Crippen LogP contribution in [0.15, 0.2) is 97.1 Å². The van der Waals surface area contributed by atoms with Gasteiger partial charge in [-0.15, -0.1) is 0 Å². The van der Waals surface area contributed by atoms with Crippen LogP contribution in [0, 0.1) is 27.7 Å². The Morgan fingerprint density at radius 1 is 0.447 bits per heavy atom. The fraction of sp³-hybridized carbons (Fsp3) is 0.118. The lowest BCUT2D eigenvalue weighted by molar-refractivity contribution is 0.464. The van der Waals surface area contributed by atoms with Crippen LogP contribution in [0.3, 0.4) is 0 Å². The van der Waals surface area contributed by atoms with Crippen molar-refractivity contribution in [2.75, 3.05) is 4.90 Å². The van der Waals surface area contributed by atoms with Gasteiger partial charge in [0.15, 0.2) is 0 Å². The van der Waals surface area contributed by atoms with Crippen molar-refractivity contribution < 1.29 is 9.47 Å². The summed E-state index contributed by atoms with van der Waals surface area (Å²) in [6.07, 6.45) is 0. The van der Waals surface area contributed by atoms with Crippen molar-refractivity contribution in [1.82, 2.24) is 0 Å². The summed E-state index contributed by atoms with van der Waals surface area (Å²) in [4.78, 5) is 2.27. The molecule has 2 heterocycles. The minimum absolute atomic E-state index is 0.0635. The van der Waals surface area contributed by atoms with E-state index in [1.54, 1.807) is 0 Å². The topological polar surface area (TPSA) is 21.7 Å². The molecule has 5 aromatic carbocycles. The highest BCUT2D eigenvalue weighted by molar-refractivity contribution is 6.98. The summed E-state index contributed by atoms with van der Waals surface area (Å²) >= 11 is 0. The summed E-state index contributed by atoms with van der Waals surface area (Å²) in [7, 11) is 0. The molecular formula is C34H28BNO2. The number of benzene rings is 5. The van der Waals surface area contributed by atoms with Gasteiger partial charge in [0.1, 0.15) is 23.0 Å². The van der Waals surface area contributed by atoms with E-state index >= 15 is 0 Å².